The molecule has 0 fully saturated rings. The Hall–Kier alpha value is -4.05. The summed E-state index contributed by atoms with van der Waals surface area (Å²) in [5.74, 6) is -1.06. The van der Waals surface area contributed by atoms with Gasteiger partial charge in [0.2, 0.25) is 12.3 Å². The number of cyclic esters (lactones) is 1. The summed E-state index contributed by atoms with van der Waals surface area (Å²) in [7, 11) is 3.42. The number of carbonyl (C=O) groups is 3. The van der Waals surface area contributed by atoms with Crippen molar-refractivity contribution in [2.45, 2.75) is 92.1 Å². The lowest BCUT2D eigenvalue weighted by Crippen LogP contribution is -2.46. The van der Waals surface area contributed by atoms with Gasteiger partial charge in [-0.3, -0.25) is 9.59 Å². The van der Waals surface area contributed by atoms with E-state index >= 15 is 0 Å². The van der Waals surface area contributed by atoms with E-state index in [2.05, 4.69) is 41.9 Å². The highest BCUT2D eigenvalue weighted by atomic mass is 16.5. The summed E-state index contributed by atoms with van der Waals surface area (Å²) in [6, 6.07) is -1.02. The Bertz CT molecular complexity index is 1360. The summed E-state index contributed by atoms with van der Waals surface area (Å²) < 4.78 is 17.5. The Kier molecular flexibility index (Phi) is 22.0. The smallest absolute Gasteiger partial charge is 0.334 e. The lowest BCUT2D eigenvalue weighted by molar-refractivity contribution is -0.144. The van der Waals surface area contributed by atoms with E-state index < -0.39 is 30.6 Å². The number of methoxy groups -OCH3 is 2. The third-order valence-corrected chi connectivity index (χ3v) is 8.17. The Morgan fingerprint density at radius 1 is 1.00 bits per heavy atom. The highest BCUT2D eigenvalue weighted by molar-refractivity contribution is 5.88. The fourth-order valence-electron chi connectivity index (χ4n) is 5.05. The molecule has 9 nitrogen and oxygen atoms in total. The van der Waals surface area contributed by atoms with Gasteiger partial charge in [0.25, 0.3) is 0 Å². The summed E-state index contributed by atoms with van der Waals surface area (Å²) in [4.78, 5) is 36.3. The molecular formula is C41H60N2O7. The molecule has 276 valence electrons. The number of hydrogen-bond donors (Lipinski definition) is 3. The van der Waals surface area contributed by atoms with Gasteiger partial charge in [0, 0.05) is 32.3 Å². The summed E-state index contributed by atoms with van der Waals surface area (Å²) in [6.45, 7) is 13.4. The van der Waals surface area contributed by atoms with E-state index in [4.69, 9.17) is 14.2 Å². The summed E-state index contributed by atoms with van der Waals surface area (Å²) in [6.07, 6.45) is 28.4. The van der Waals surface area contributed by atoms with Crippen LogP contribution in [-0.4, -0.2) is 75.1 Å². The van der Waals surface area contributed by atoms with E-state index in [0.29, 0.717) is 12.0 Å². The number of carbonyl (C=O) groups excluding carboxylic acids is 3. The van der Waals surface area contributed by atoms with Crippen molar-refractivity contribution in [3.05, 3.63) is 107 Å². The molecule has 1 aliphatic rings. The van der Waals surface area contributed by atoms with Gasteiger partial charge in [0.05, 0.1) is 18.8 Å². The van der Waals surface area contributed by atoms with Crippen molar-refractivity contribution in [2.75, 3.05) is 27.4 Å². The van der Waals surface area contributed by atoms with Crippen LogP contribution in [0.2, 0.25) is 0 Å². The Morgan fingerprint density at radius 2 is 1.70 bits per heavy atom. The van der Waals surface area contributed by atoms with Gasteiger partial charge >= 0.3 is 5.97 Å². The molecule has 0 aliphatic carbocycles. The Balaban J connectivity index is 3.39. The zero-order chi connectivity index (χ0) is 37.5. The van der Waals surface area contributed by atoms with Crippen molar-refractivity contribution >= 4 is 18.3 Å². The van der Waals surface area contributed by atoms with Gasteiger partial charge in [0.1, 0.15) is 12.1 Å². The quantitative estimate of drug-likeness (QED) is 0.135. The molecule has 1 rings (SSSR count). The first-order valence-corrected chi connectivity index (χ1v) is 17.3. The predicted octanol–water partition coefficient (Wildman–Crippen LogP) is 6.56. The molecule has 1 heterocycles. The van der Waals surface area contributed by atoms with E-state index in [1.807, 2.05) is 89.3 Å². The van der Waals surface area contributed by atoms with Crippen molar-refractivity contribution in [1.29, 1.82) is 0 Å². The monoisotopic (exact) mass is 692 g/mol. The number of nitrogens with one attached hydrogen (secondary N) is 2. The molecule has 1 aliphatic heterocycles. The molecule has 0 spiro atoms. The second-order valence-electron chi connectivity index (χ2n) is 12.8. The predicted molar refractivity (Wildman–Crippen MR) is 202 cm³/mol. The number of rotatable bonds is 10. The Labute approximate surface area is 300 Å². The number of ether oxygens (including phenoxy) is 3. The molecule has 0 aromatic carbocycles. The molecule has 0 radical (unpaired) electrons. The Morgan fingerprint density at radius 3 is 2.36 bits per heavy atom. The van der Waals surface area contributed by atoms with E-state index in [-0.39, 0.29) is 30.6 Å². The molecular weight excluding hydrogens is 632 g/mol. The van der Waals surface area contributed by atoms with Gasteiger partial charge in [-0.05, 0) is 65.4 Å². The number of amides is 2. The summed E-state index contributed by atoms with van der Waals surface area (Å²) >= 11 is 0. The zero-order valence-corrected chi connectivity index (χ0v) is 31.5. The second kappa shape index (κ2) is 25.0. The molecule has 0 aromatic heterocycles. The highest BCUT2D eigenvalue weighted by Gasteiger charge is 2.22. The first kappa shape index (κ1) is 44.0. The van der Waals surface area contributed by atoms with E-state index in [1.165, 1.54) is 5.57 Å². The number of aliphatic hydroxyl groups is 1. The van der Waals surface area contributed by atoms with Crippen molar-refractivity contribution in [1.82, 2.24) is 10.6 Å². The topological polar surface area (TPSA) is 123 Å². The van der Waals surface area contributed by atoms with Gasteiger partial charge in [-0.1, -0.05) is 110 Å². The lowest BCUT2D eigenvalue weighted by Gasteiger charge is -2.23. The third-order valence-electron chi connectivity index (χ3n) is 8.17. The zero-order valence-electron chi connectivity index (χ0n) is 31.5. The number of allylic oxidation sites excluding steroid dienone is 11. The molecule has 1 unspecified atom stereocenters. The van der Waals surface area contributed by atoms with Crippen LogP contribution >= 0.6 is 0 Å². The van der Waals surface area contributed by atoms with E-state index in [9.17, 15) is 19.5 Å². The van der Waals surface area contributed by atoms with Crippen molar-refractivity contribution in [3.63, 3.8) is 0 Å². The van der Waals surface area contributed by atoms with Crippen LogP contribution in [-0.2, 0) is 28.6 Å². The fourth-order valence-corrected chi connectivity index (χ4v) is 5.05. The van der Waals surface area contributed by atoms with E-state index in [0.717, 1.165) is 36.0 Å². The van der Waals surface area contributed by atoms with Gasteiger partial charge in [-0.2, -0.15) is 0 Å². The first-order valence-electron chi connectivity index (χ1n) is 17.3. The minimum Gasteiger partial charge on any atom is -0.454 e. The fraction of sp³-hybridized carbons (Fsp3) is 0.488. The lowest BCUT2D eigenvalue weighted by atomic mass is 9.96. The van der Waals surface area contributed by atoms with Crippen LogP contribution in [0.5, 0.6) is 0 Å². The normalized spacial score (nSPS) is 30.3. The number of esters is 1. The second-order valence-corrected chi connectivity index (χ2v) is 12.8. The molecule has 3 N–H and O–H groups in total. The summed E-state index contributed by atoms with van der Waals surface area (Å²) in [5.41, 5.74) is 4.42. The molecule has 0 saturated carbocycles. The van der Waals surface area contributed by atoms with Crippen LogP contribution in [0.15, 0.2) is 107 Å². The summed E-state index contributed by atoms with van der Waals surface area (Å²) in [5, 5.41) is 14.3. The maximum atomic E-state index is 13.4. The van der Waals surface area contributed by atoms with Crippen LogP contribution in [0.25, 0.3) is 0 Å². The molecule has 6 atom stereocenters. The maximum Gasteiger partial charge on any atom is 0.334 e. The van der Waals surface area contributed by atoms with Crippen molar-refractivity contribution < 1.29 is 33.7 Å². The maximum absolute atomic E-state index is 13.4. The van der Waals surface area contributed by atoms with Crippen LogP contribution in [0.3, 0.4) is 0 Å². The molecule has 9 heteroatoms. The average molecular weight is 693 g/mol. The van der Waals surface area contributed by atoms with Gasteiger partial charge in [-0.15, -0.1) is 0 Å². The molecule has 0 bridgehead atoms. The van der Waals surface area contributed by atoms with Gasteiger partial charge in [-0.25, -0.2) is 4.79 Å². The minimum absolute atomic E-state index is 0.00986. The molecule has 2 amide bonds. The van der Waals surface area contributed by atoms with E-state index in [1.54, 1.807) is 21.1 Å². The average Bonchev–Trinajstić information content (AvgIpc) is 3.09. The van der Waals surface area contributed by atoms with Crippen LogP contribution in [0.1, 0.15) is 67.7 Å². The number of aliphatic hydroxyl groups excluding tert-OH is 1. The first-order chi connectivity index (χ1) is 23.8. The minimum atomic E-state index is -1.02. The molecule has 0 aromatic rings. The third kappa shape index (κ3) is 18.1. The SMILES string of the molecule is COC1/C=C(C)/C=C/[C@@H](C)/C=C(\C)C(=O)O[C@H](/C(C)=C/C=C(\C)CNC(=O)[C@H](CO)NC=O)[C@@H](C)/C=C/C=C/[C@@H](OC)CC/C=C(C)\C=C\C1. The van der Waals surface area contributed by atoms with Crippen molar-refractivity contribution in [3.8, 4) is 0 Å². The molecule has 0 saturated heterocycles. The molecule has 50 heavy (non-hydrogen) atoms. The standard InChI is InChI=1S/C41H60N2O7/c1-29-14-12-18-36(48-8)17-11-10-16-33(5)39(34(6)23-22-32(4)26-42-40(46)38(27-44)43-28-45)50-41(47)35(7)24-30(2)20-21-31(3)25-37(49-9)19-13-15-29/h10-11,13-17,20-25,28,30,33,36-39,44H,12,18-19,26-27H2,1-9H3,(H,42,46)(H,43,45)/b15-13+,16-10+,17-11+,21-20+,29-14-,31-25+,32-22+,34-23+,35-24+/t30-,33+,36-,37?,38+,39+/m1/s1. The van der Waals surface area contributed by atoms with Crippen molar-refractivity contribution in [2.24, 2.45) is 11.8 Å². The van der Waals surface area contributed by atoms with Gasteiger partial charge in [0.15, 0.2) is 0 Å². The van der Waals surface area contributed by atoms with Crippen LogP contribution in [0.4, 0.5) is 0 Å². The van der Waals surface area contributed by atoms with Crippen LogP contribution in [0, 0.1) is 11.8 Å². The van der Waals surface area contributed by atoms with Crippen LogP contribution < -0.4 is 10.6 Å². The highest BCUT2D eigenvalue weighted by Crippen LogP contribution is 2.21. The number of hydrogen-bond acceptors (Lipinski definition) is 7. The van der Waals surface area contributed by atoms with Gasteiger partial charge < -0.3 is 30.0 Å². The largest absolute Gasteiger partial charge is 0.454 e.